The summed E-state index contributed by atoms with van der Waals surface area (Å²) in [6.07, 6.45) is 0.874. The zero-order valence-electron chi connectivity index (χ0n) is 11.2. The number of hydrogen-bond acceptors (Lipinski definition) is 4. The van der Waals surface area contributed by atoms with Gasteiger partial charge >= 0.3 is 0 Å². The lowest BCUT2D eigenvalue weighted by molar-refractivity contribution is 0.475. The molecule has 19 heavy (non-hydrogen) atoms. The molecule has 0 atom stereocenters. The van der Waals surface area contributed by atoms with Gasteiger partial charge in [0.15, 0.2) is 5.82 Å². The Labute approximate surface area is 117 Å². The molecule has 2 N–H and O–H groups in total. The van der Waals surface area contributed by atoms with Crippen LogP contribution in [0.3, 0.4) is 0 Å². The van der Waals surface area contributed by atoms with E-state index in [-0.39, 0.29) is 5.75 Å². The Kier molecular flexibility index (Phi) is 3.90. The number of hydrogen-bond donors (Lipinski definition) is 2. The Morgan fingerprint density at radius 3 is 2.63 bits per heavy atom. The molecule has 0 spiro atoms. The maximum Gasteiger partial charge on any atom is 0.161 e. The Hall–Kier alpha value is -1.81. The third-order valence-corrected chi connectivity index (χ3v) is 3.31. The topological polar surface area (TPSA) is 58.0 Å². The van der Waals surface area contributed by atoms with E-state index in [9.17, 15) is 5.11 Å². The summed E-state index contributed by atoms with van der Waals surface area (Å²) in [6, 6.07) is 4.96. The molecule has 1 aromatic heterocycles. The van der Waals surface area contributed by atoms with Gasteiger partial charge in [-0.3, -0.25) is 0 Å². The largest absolute Gasteiger partial charge is 0.506 e. The van der Waals surface area contributed by atoms with E-state index < -0.39 is 0 Å². The number of rotatable bonds is 3. The van der Waals surface area contributed by atoms with E-state index in [1.165, 1.54) is 0 Å². The molecule has 0 fully saturated rings. The molecule has 0 aliphatic rings. The van der Waals surface area contributed by atoms with Gasteiger partial charge in [-0.15, -0.1) is 0 Å². The Morgan fingerprint density at radius 1 is 1.32 bits per heavy atom. The molecule has 1 aromatic carbocycles. The van der Waals surface area contributed by atoms with Crippen molar-refractivity contribution >= 4 is 17.4 Å². The Morgan fingerprint density at radius 2 is 2.05 bits per heavy atom. The van der Waals surface area contributed by atoms with Gasteiger partial charge in [0.2, 0.25) is 0 Å². The highest BCUT2D eigenvalue weighted by Gasteiger charge is 2.11. The van der Waals surface area contributed by atoms with Gasteiger partial charge in [0.05, 0.1) is 5.02 Å². The van der Waals surface area contributed by atoms with Crippen LogP contribution in [0.1, 0.15) is 18.2 Å². The SMILES string of the molecule is CCc1c(C)nc(-c2ccc(O)c(Cl)c2)nc1NC. The van der Waals surface area contributed by atoms with E-state index in [4.69, 9.17) is 11.6 Å². The number of halogens is 1. The summed E-state index contributed by atoms with van der Waals surface area (Å²) in [4.78, 5) is 9.00. The summed E-state index contributed by atoms with van der Waals surface area (Å²) < 4.78 is 0. The summed E-state index contributed by atoms with van der Waals surface area (Å²) in [5.41, 5.74) is 2.84. The van der Waals surface area contributed by atoms with Crippen LogP contribution >= 0.6 is 11.6 Å². The molecular weight excluding hydrogens is 262 g/mol. The van der Waals surface area contributed by atoms with Gasteiger partial charge in [0, 0.05) is 23.9 Å². The summed E-state index contributed by atoms with van der Waals surface area (Å²) in [7, 11) is 1.84. The average molecular weight is 278 g/mol. The molecule has 0 amide bonds. The summed E-state index contributed by atoms with van der Waals surface area (Å²) in [5.74, 6) is 1.48. The van der Waals surface area contributed by atoms with Crippen molar-refractivity contribution in [3.63, 3.8) is 0 Å². The Balaban J connectivity index is 2.56. The monoisotopic (exact) mass is 277 g/mol. The first-order chi connectivity index (χ1) is 9.06. The van der Waals surface area contributed by atoms with Crippen molar-refractivity contribution in [2.75, 3.05) is 12.4 Å². The predicted octanol–water partition coefficient (Wildman–Crippen LogP) is 3.42. The lowest BCUT2D eigenvalue weighted by Crippen LogP contribution is -2.04. The first-order valence-corrected chi connectivity index (χ1v) is 6.48. The van der Waals surface area contributed by atoms with Crippen molar-refractivity contribution in [3.05, 3.63) is 34.5 Å². The zero-order chi connectivity index (χ0) is 14.0. The number of nitrogens with zero attached hydrogens (tertiary/aromatic N) is 2. The van der Waals surface area contributed by atoms with Gasteiger partial charge in [-0.25, -0.2) is 9.97 Å². The Bertz CT molecular complexity index is 614. The normalized spacial score (nSPS) is 10.5. The van der Waals surface area contributed by atoms with Crippen LogP contribution in [0, 0.1) is 6.92 Å². The third-order valence-electron chi connectivity index (χ3n) is 3.01. The number of phenols is 1. The van der Waals surface area contributed by atoms with Crippen molar-refractivity contribution in [1.82, 2.24) is 9.97 Å². The molecule has 100 valence electrons. The van der Waals surface area contributed by atoms with Crippen LogP contribution in [0.25, 0.3) is 11.4 Å². The lowest BCUT2D eigenvalue weighted by atomic mass is 10.1. The average Bonchev–Trinajstić information content (AvgIpc) is 2.40. The molecule has 5 heteroatoms. The second-order valence-corrected chi connectivity index (χ2v) is 4.64. The smallest absolute Gasteiger partial charge is 0.161 e. The predicted molar refractivity (Wildman–Crippen MR) is 77.8 cm³/mol. The molecule has 0 bridgehead atoms. The fraction of sp³-hybridized carbons (Fsp3) is 0.286. The standard InChI is InChI=1S/C14H16ClN3O/c1-4-10-8(2)17-13(18-14(10)16-3)9-5-6-12(19)11(15)7-9/h5-7,19H,4H2,1-3H3,(H,16,17,18). The molecule has 4 nitrogen and oxygen atoms in total. The van der Waals surface area contributed by atoms with Gasteiger partial charge in [-0.05, 0) is 31.5 Å². The minimum atomic E-state index is 0.0566. The highest BCUT2D eigenvalue weighted by atomic mass is 35.5. The number of benzene rings is 1. The first-order valence-electron chi connectivity index (χ1n) is 6.11. The molecule has 0 aliphatic carbocycles. The van der Waals surface area contributed by atoms with Crippen LogP contribution in [-0.2, 0) is 6.42 Å². The third kappa shape index (κ3) is 2.63. The van der Waals surface area contributed by atoms with Crippen LogP contribution in [0.5, 0.6) is 5.75 Å². The molecule has 0 saturated carbocycles. The van der Waals surface area contributed by atoms with Crippen molar-refractivity contribution in [3.8, 4) is 17.1 Å². The fourth-order valence-electron chi connectivity index (χ4n) is 2.00. The van der Waals surface area contributed by atoms with E-state index in [1.54, 1.807) is 18.2 Å². The molecule has 2 rings (SSSR count). The number of phenolic OH excluding ortho intramolecular Hbond substituents is 1. The fourth-order valence-corrected chi connectivity index (χ4v) is 2.18. The van der Waals surface area contributed by atoms with E-state index in [0.717, 1.165) is 29.1 Å². The van der Waals surface area contributed by atoms with Crippen molar-refractivity contribution < 1.29 is 5.11 Å². The summed E-state index contributed by atoms with van der Waals surface area (Å²) >= 11 is 5.91. The molecular formula is C14H16ClN3O. The highest BCUT2D eigenvalue weighted by molar-refractivity contribution is 6.32. The van der Waals surface area contributed by atoms with Gasteiger partial charge in [-0.1, -0.05) is 18.5 Å². The van der Waals surface area contributed by atoms with Crippen LogP contribution < -0.4 is 5.32 Å². The van der Waals surface area contributed by atoms with E-state index in [1.807, 2.05) is 14.0 Å². The minimum absolute atomic E-state index is 0.0566. The molecule has 0 radical (unpaired) electrons. The zero-order valence-corrected chi connectivity index (χ0v) is 11.9. The number of anilines is 1. The highest BCUT2D eigenvalue weighted by Crippen LogP contribution is 2.29. The van der Waals surface area contributed by atoms with Crippen LogP contribution in [0.4, 0.5) is 5.82 Å². The van der Waals surface area contributed by atoms with Crippen molar-refractivity contribution in [1.29, 1.82) is 0 Å². The molecule has 0 saturated heterocycles. The second-order valence-electron chi connectivity index (χ2n) is 4.23. The number of aromatic nitrogens is 2. The summed E-state index contributed by atoms with van der Waals surface area (Å²) in [6.45, 7) is 4.04. The van der Waals surface area contributed by atoms with E-state index >= 15 is 0 Å². The van der Waals surface area contributed by atoms with Crippen LogP contribution in [-0.4, -0.2) is 22.1 Å². The minimum Gasteiger partial charge on any atom is -0.506 e. The quantitative estimate of drug-likeness (QED) is 0.903. The molecule has 0 unspecified atom stereocenters. The number of aryl methyl sites for hydroxylation is 1. The van der Waals surface area contributed by atoms with E-state index in [0.29, 0.717) is 10.8 Å². The second kappa shape index (κ2) is 5.45. The maximum atomic E-state index is 9.44. The lowest BCUT2D eigenvalue weighted by Gasteiger charge is -2.11. The van der Waals surface area contributed by atoms with Crippen molar-refractivity contribution in [2.24, 2.45) is 0 Å². The van der Waals surface area contributed by atoms with Crippen LogP contribution in [0.2, 0.25) is 5.02 Å². The molecule has 2 aromatic rings. The number of aromatic hydroxyl groups is 1. The van der Waals surface area contributed by atoms with Gasteiger partial charge < -0.3 is 10.4 Å². The van der Waals surface area contributed by atoms with Gasteiger partial charge in [0.25, 0.3) is 0 Å². The van der Waals surface area contributed by atoms with Gasteiger partial charge in [0.1, 0.15) is 11.6 Å². The summed E-state index contributed by atoms with van der Waals surface area (Å²) in [5, 5.41) is 12.8. The van der Waals surface area contributed by atoms with E-state index in [2.05, 4.69) is 22.2 Å². The molecule has 1 heterocycles. The maximum absolute atomic E-state index is 9.44. The van der Waals surface area contributed by atoms with Gasteiger partial charge in [-0.2, -0.15) is 0 Å². The first kappa shape index (κ1) is 13.6. The molecule has 0 aliphatic heterocycles. The van der Waals surface area contributed by atoms with Crippen LogP contribution in [0.15, 0.2) is 18.2 Å². The number of nitrogens with one attached hydrogen (secondary N) is 1. The van der Waals surface area contributed by atoms with Crippen molar-refractivity contribution in [2.45, 2.75) is 20.3 Å².